The van der Waals surface area contributed by atoms with Crippen LogP contribution >= 0.6 is 35.0 Å². The highest BCUT2D eigenvalue weighted by Gasteiger charge is 2.30. The molecule has 0 heterocycles. The SMILES string of the molecule is CCC(C(=O)NC(C)(C)C)N(Cc1ccc(Cl)cc1)C(=O)CSCc1ccccc1Cl. The lowest BCUT2D eigenvalue weighted by molar-refractivity contribution is -0.140. The number of carbonyl (C=O) groups is 2. The van der Waals surface area contributed by atoms with E-state index in [-0.39, 0.29) is 23.1 Å². The van der Waals surface area contributed by atoms with Crippen LogP contribution in [-0.2, 0) is 21.9 Å². The summed E-state index contributed by atoms with van der Waals surface area (Å²) < 4.78 is 0. The second-order valence-corrected chi connectivity index (χ2v) is 10.2. The van der Waals surface area contributed by atoms with E-state index >= 15 is 0 Å². The third kappa shape index (κ3) is 8.40. The molecular weight excluding hydrogens is 451 g/mol. The second-order valence-electron chi connectivity index (χ2n) is 8.40. The fourth-order valence-corrected chi connectivity index (χ4v) is 4.43. The van der Waals surface area contributed by atoms with Crippen molar-refractivity contribution in [1.29, 1.82) is 0 Å². The van der Waals surface area contributed by atoms with Gasteiger partial charge >= 0.3 is 0 Å². The number of rotatable bonds is 9. The van der Waals surface area contributed by atoms with Gasteiger partial charge < -0.3 is 10.2 Å². The van der Waals surface area contributed by atoms with E-state index in [2.05, 4.69) is 5.32 Å². The molecule has 1 unspecified atom stereocenters. The lowest BCUT2D eigenvalue weighted by atomic mass is 10.1. The number of nitrogens with one attached hydrogen (secondary N) is 1. The van der Waals surface area contributed by atoms with Crippen LogP contribution in [0.3, 0.4) is 0 Å². The van der Waals surface area contributed by atoms with E-state index in [4.69, 9.17) is 23.2 Å². The Morgan fingerprint density at radius 1 is 1.06 bits per heavy atom. The zero-order valence-electron chi connectivity index (χ0n) is 18.5. The molecule has 0 aliphatic heterocycles. The zero-order valence-corrected chi connectivity index (χ0v) is 20.8. The monoisotopic (exact) mass is 480 g/mol. The van der Waals surface area contributed by atoms with Crippen LogP contribution in [-0.4, -0.2) is 34.0 Å². The molecule has 0 saturated heterocycles. The Bertz CT molecular complexity index is 882. The van der Waals surface area contributed by atoms with E-state index in [0.717, 1.165) is 11.1 Å². The number of benzene rings is 2. The molecule has 0 aliphatic rings. The van der Waals surface area contributed by atoms with Gasteiger partial charge in [-0.3, -0.25) is 9.59 Å². The molecule has 0 aliphatic carbocycles. The minimum Gasteiger partial charge on any atom is -0.350 e. The van der Waals surface area contributed by atoms with Crippen LogP contribution in [0.15, 0.2) is 48.5 Å². The van der Waals surface area contributed by atoms with E-state index < -0.39 is 6.04 Å². The normalized spacial score (nSPS) is 12.3. The van der Waals surface area contributed by atoms with Gasteiger partial charge in [0.1, 0.15) is 6.04 Å². The summed E-state index contributed by atoms with van der Waals surface area (Å²) in [6, 6.07) is 14.4. The Kier molecular flexibility index (Phi) is 9.73. The predicted octanol–water partition coefficient (Wildman–Crippen LogP) is 5.95. The first-order valence-electron chi connectivity index (χ1n) is 10.3. The first-order valence-corrected chi connectivity index (χ1v) is 12.2. The van der Waals surface area contributed by atoms with E-state index in [0.29, 0.717) is 28.8 Å². The maximum Gasteiger partial charge on any atom is 0.243 e. The molecule has 1 N–H and O–H groups in total. The van der Waals surface area contributed by atoms with Gasteiger partial charge in [0.15, 0.2) is 0 Å². The summed E-state index contributed by atoms with van der Waals surface area (Å²) >= 11 is 13.7. The van der Waals surface area contributed by atoms with Gasteiger partial charge in [-0.25, -0.2) is 0 Å². The fourth-order valence-electron chi connectivity index (χ4n) is 3.11. The van der Waals surface area contributed by atoms with Crippen molar-refractivity contribution in [1.82, 2.24) is 10.2 Å². The largest absolute Gasteiger partial charge is 0.350 e. The molecule has 0 aromatic heterocycles. The second kappa shape index (κ2) is 11.8. The molecule has 0 bridgehead atoms. The zero-order chi connectivity index (χ0) is 23.0. The number of thioether (sulfide) groups is 1. The minimum absolute atomic E-state index is 0.0806. The van der Waals surface area contributed by atoms with Crippen molar-refractivity contribution in [3.05, 3.63) is 69.7 Å². The number of carbonyl (C=O) groups excluding carboxylic acids is 2. The Balaban J connectivity index is 2.16. The molecule has 7 heteroatoms. The van der Waals surface area contributed by atoms with Crippen LogP contribution in [0, 0.1) is 0 Å². The average Bonchev–Trinajstić information content (AvgIpc) is 2.69. The van der Waals surface area contributed by atoms with Gasteiger partial charge in [0.25, 0.3) is 0 Å². The lowest BCUT2D eigenvalue weighted by Crippen LogP contribution is -2.53. The highest BCUT2D eigenvalue weighted by Crippen LogP contribution is 2.22. The summed E-state index contributed by atoms with van der Waals surface area (Å²) in [5, 5.41) is 4.34. The predicted molar refractivity (Wildman–Crippen MR) is 132 cm³/mol. The van der Waals surface area contributed by atoms with E-state index in [9.17, 15) is 9.59 Å². The molecule has 1 atom stereocenters. The maximum absolute atomic E-state index is 13.2. The van der Waals surface area contributed by atoms with Crippen LogP contribution in [0.1, 0.15) is 45.2 Å². The van der Waals surface area contributed by atoms with Gasteiger partial charge in [-0.1, -0.05) is 60.5 Å². The van der Waals surface area contributed by atoms with Gasteiger partial charge in [0.05, 0.1) is 5.75 Å². The number of hydrogen-bond acceptors (Lipinski definition) is 3. The number of amides is 2. The molecule has 0 fully saturated rings. The van der Waals surface area contributed by atoms with Gasteiger partial charge in [-0.2, -0.15) is 0 Å². The number of hydrogen-bond donors (Lipinski definition) is 1. The quantitative estimate of drug-likeness (QED) is 0.482. The van der Waals surface area contributed by atoms with Crippen molar-refractivity contribution < 1.29 is 9.59 Å². The number of nitrogens with zero attached hydrogens (tertiary/aromatic N) is 1. The summed E-state index contributed by atoms with van der Waals surface area (Å²) in [6.45, 7) is 8.07. The van der Waals surface area contributed by atoms with Gasteiger partial charge in [-0.05, 0) is 56.5 Å². The van der Waals surface area contributed by atoms with Gasteiger partial charge in [-0.15, -0.1) is 11.8 Å². The molecule has 168 valence electrons. The van der Waals surface area contributed by atoms with Crippen molar-refractivity contribution in [3.8, 4) is 0 Å². The smallest absolute Gasteiger partial charge is 0.243 e. The highest BCUT2D eigenvalue weighted by atomic mass is 35.5. The topological polar surface area (TPSA) is 49.4 Å². The lowest BCUT2D eigenvalue weighted by Gasteiger charge is -2.33. The Hall–Kier alpha value is -1.69. The van der Waals surface area contributed by atoms with E-state index in [1.807, 2.05) is 64.1 Å². The molecule has 0 spiro atoms. The number of halogens is 2. The summed E-state index contributed by atoms with van der Waals surface area (Å²) in [6.07, 6.45) is 0.524. The third-order valence-corrected chi connectivity index (χ3v) is 6.18. The highest BCUT2D eigenvalue weighted by molar-refractivity contribution is 7.99. The van der Waals surface area contributed by atoms with Gasteiger partial charge in [0.2, 0.25) is 11.8 Å². The Morgan fingerprint density at radius 2 is 1.71 bits per heavy atom. The maximum atomic E-state index is 13.2. The fraction of sp³-hybridized carbons (Fsp3) is 0.417. The van der Waals surface area contributed by atoms with Crippen molar-refractivity contribution in [2.24, 2.45) is 0 Å². The van der Waals surface area contributed by atoms with Crippen LogP contribution in [0.5, 0.6) is 0 Å². The van der Waals surface area contributed by atoms with Gasteiger partial charge in [0, 0.05) is 27.9 Å². The summed E-state index contributed by atoms with van der Waals surface area (Å²) in [4.78, 5) is 27.9. The molecular formula is C24H30Cl2N2O2S. The minimum atomic E-state index is -0.552. The molecule has 0 saturated carbocycles. The van der Waals surface area contributed by atoms with Crippen molar-refractivity contribution in [2.45, 2.75) is 58.0 Å². The average molecular weight is 481 g/mol. The van der Waals surface area contributed by atoms with E-state index in [1.165, 1.54) is 11.8 Å². The Labute approximate surface area is 199 Å². The molecule has 2 amide bonds. The summed E-state index contributed by atoms with van der Waals surface area (Å²) in [7, 11) is 0. The molecule has 31 heavy (non-hydrogen) atoms. The van der Waals surface area contributed by atoms with Crippen LogP contribution in [0.25, 0.3) is 0 Å². The molecule has 0 radical (unpaired) electrons. The molecule has 4 nitrogen and oxygen atoms in total. The summed E-state index contributed by atoms with van der Waals surface area (Å²) in [5.41, 5.74) is 1.54. The first-order chi connectivity index (χ1) is 14.6. The van der Waals surface area contributed by atoms with Crippen LogP contribution in [0.2, 0.25) is 10.0 Å². The van der Waals surface area contributed by atoms with Crippen molar-refractivity contribution >= 4 is 46.8 Å². The van der Waals surface area contributed by atoms with Crippen LogP contribution < -0.4 is 5.32 Å². The molecule has 2 rings (SSSR count). The van der Waals surface area contributed by atoms with Crippen molar-refractivity contribution in [3.63, 3.8) is 0 Å². The van der Waals surface area contributed by atoms with Crippen molar-refractivity contribution in [2.75, 3.05) is 5.75 Å². The third-order valence-electron chi connectivity index (χ3n) is 4.59. The summed E-state index contributed by atoms with van der Waals surface area (Å²) in [5.74, 6) is 0.667. The van der Waals surface area contributed by atoms with E-state index in [1.54, 1.807) is 17.0 Å². The Morgan fingerprint density at radius 3 is 2.29 bits per heavy atom. The van der Waals surface area contributed by atoms with Crippen LogP contribution in [0.4, 0.5) is 0 Å². The standard InChI is InChI=1S/C24H30Cl2N2O2S/c1-5-21(23(30)27-24(2,3)4)28(14-17-10-12-19(25)13-11-17)22(29)16-31-15-18-8-6-7-9-20(18)26/h6-13,21H,5,14-16H2,1-4H3,(H,27,30). The molecule has 2 aromatic rings. The molecule has 2 aromatic carbocycles. The first kappa shape index (κ1) is 25.6.